The van der Waals surface area contributed by atoms with Gasteiger partial charge >= 0.3 is 0 Å². The van der Waals surface area contributed by atoms with Crippen molar-refractivity contribution in [2.45, 2.75) is 37.8 Å². The zero-order valence-corrected chi connectivity index (χ0v) is 16.1. The summed E-state index contributed by atoms with van der Waals surface area (Å²) >= 11 is 0. The fourth-order valence-corrected chi connectivity index (χ4v) is 3.73. The van der Waals surface area contributed by atoms with E-state index in [0.717, 1.165) is 17.1 Å². The molecule has 0 radical (unpaired) electrons. The third kappa shape index (κ3) is 3.93. The highest BCUT2D eigenvalue weighted by Crippen LogP contribution is 2.27. The molecule has 1 aromatic rings. The summed E-state index contributed by atoms with van der Waals surface area (Å²) in [7, 11) is -0.856. The number of hydrogen-bond donors (Lipinski definition) is 1. The van der Waals surface area contributed by atoms with Gasteiger partial charge in [0, 0.05) is 39.3 Å². The van der Waals surface area contributed by atoms with Gasteiger partial charge in [0.05, 0.1) is 5.56 Å². The van der Waals surface area contributed by atoms with Gasteiger partial charge in [-0.15, -0.1) is 12.4 Å². The van der Waals surface area contributed by atoms with Gasteiger partial charge < -0.3 is 15.1 Å². The van der Waals surface area contributed by atoms with E-state index in [1.54, 1.807) is 11.8 Å². The molecule has 7 nitrogen and oxygen atoms in total. The van der Waals surface area contributed by atoms with Gasteiger partial charge in [-0.1, -0.05) is 6.92 Å². The highest BCUT2D eigenvalue weighted by Gasteiger charge is 2.33. The third-order valence-electron chi connectivity index (χ3n) is 4.37. The second-order valence-corrected chi connectivity index (χ2v) is 8.42. The molecule has 2 unspecified atom stereocenters. The Morgan fingerprint density at radius 1 is 1.46 bits per heavy atom. The van der Waals surface area contributed by atoms with Gasteiger partial charge in [-0.05, 0) is 25.7 Å². The molecule has 1 fully saturated rings. The summed E-state index contributed by atoms with van der Waals surface area (Å²) in [5, 5.41) is -0.210. The van der Waals surface area contributed by atoms with Gasteiger partial charge in [-0.3, -0.25) is 4.79 Å². The van der Waals surface area contributed by atoms with E-state index in [0.29, 0.717) is 30.3 Å². The third-order valence-corrected chi connectivity index (χ3v) is 6.04. The molecular weight excluding hydrogens is 354 g/mol. The Kier molecular flexibility index (Phi) is 6.86. The number of hydrogen-bond acceptors (Lipinski definition) is 5. The zero-order valence-electron chi connectivity index (χ0n) is 14.5. The summed E-state index contributed by atoms with van der Waals surface area (Å²) in [5.41, 5.74) is 6.09. The van der Waals surface area contributed by atoms with Crippen LogP contribution in [-0.4, -0.2) is 56.8 Å². The number of likely N-dealkylation sites (tertiary alicyclic amines) is 1. The van der Waals surface area contributed by atoms with Gasteiger partial charge in [0.2, 0.25) is 5.09 Å². The largest absolute Gasteiger partial charge is 0.448 e. The standard InChI is InChI=1S/C15H25N3O4S.ClH/c1-10-5-6-18(12(7-10)9-16)15(19)13-8-14(22-11(13)2)23(20,21)17(3)4;/h8,10,12H,5-7,9,16H2,1-4H3;1H. The number of rotatable bonds is 4. The Morgan fingerprint density at radius 3 is 2.62 bits per heavy atom. The predicted molar refractivity (Wildman–Crippen MR) is 93.8 cm³/mol. The fourth-order valence-electron chi connectivity index (χ4n) is 2.87. The smallest absolute Gasteiger partial charge is 0.275 e. The average Bonchev–Trinajstić information content (AvgIpc) is 2.88. The number of carbonyl (C=O) groups excluding carboxylic acids is 1. The highest BCUT2D eigenvalue weighted by molar-refractivity contribution is 7.88. The van der Waals surface area contributed by atoms with Crippen LogP contribution in [0.1, 0.15) is 35.9 Å². The molecule has 1 aromatic heterocycles. The van der Waals surface area contributed by atoms with E-state index in [1.165, 1.54) is 20.2 Å². The highest BCUT2D eigenvalue weighted by atomic mass is 35.5. The van der Waals surface area contributed by atoms with Gasteiger partial charge in [0.15, 0.2) is 0 Å². The van der Waals surface area contributed by atoms with Gasteiger partial charge in [-0.25, -0.2) is 12.7 Å². The van der Waals surface area contributed by atoms with E-state index in [2.05, 4.69) is 6.92 Å². The van der Waals surface area contributed by atoms with Crippen molar-refractivity contribution in [3.63, 3.8) is 0 Å². The molecule has 1 aliphatic rings. The maximum absolute atomic E-state index is 12.8. The molecule has 138 valence electrons. The number of aryl methyl sites for hydroxylation is 1. The average molecular weight is 380 g/mol. The Labute approximate surface area is 149 Å². The van der Waals surface area contributed by atoms with E-state index in [-0.39, 0.29) is 29.4 Å². The Morgan fingerprint density at radius 2 is 2.08 bits per heavy atom. The van der Waals surface area contributed by atoms with E-state index in [1.807, 2.05) is 0 Å². The number of amides is 1. The minimum atomic E-state index is -3.70. The summed E-state index contributed by atoms with van der Waals surface area (Å²) in [6, 6.07) is 1.30. The van der Waals surface area contributed by atoms with Crippen LogP contribution in [-0.2, 0) is 10.0 Å². The molecule has 0 aliphatic carbocycles. The first kappa shape index (κ1) is 21.0. The number of piperidine rings is 1. The lowest BCUT2D eigenvalue weighted by atomic mass is 9.92. The molecule has 0 saturated carbocycles. The molecule has 1 aliphatic heterocycles. The number of nitrogens with two attached hydrogens (primary N) is 1. The first-order valence-corrected chi connectivity index (χ1v) is 9.16. The number of halogens is 1. The maximum atomic E-state index is 12.8. The molecule has 1 amide bonds. The van der Waals surface area contributed by atoms with E-state index in [9.17, 15) is 13.2 Å². The quantitative estimate of drug-likeness (QED) is 0.854. The van der Waals surface area contributed by atoms with Crippen molar-refractivity contribution in [1.29, 1.82) is 0 Å². The molecule has 24 heavy (non-hydrogen) atoms. The Hall–Kier alpha value is -1.09. The molecule has 0 spiro atoms. The van der Waals surface area contributed by atoms with Crippen LogP contribution in [0.5, 0.6) is 0 Å². The van der Waals surface area contributed by atoms with Crippen LogP contribution in [0.15, 0.2) is 15.6 Å². The van der Waals surface area contributed by atoms with Crippen LogP contribution < -0.4 is 5.73 Å². The maximum Gasteiger partial charge on any atom is 0.275 e. The lowest BCUT2D eigenvalue weighted by Crippen LogP contribution is -2.49. The molecule has 2 atom stereocenters. The predicted octanol–water partition coefficient (Wildman–Crippen LogP) is 1.46. The molecule has 9 heteroatoms. The summed E-state index contributed by atoms with van der Waals surface area (Å²) in [5.74, 6) is 0.626. The fraction of sp³-hybridized carbons (Fsp3) is 0.667. The Balaban J connectivity index is 0.00000288. The normalized spacial score (nSPS) is 21.7. The van der Waals surface area contributed by atoms with E-state index in [4.69, 9.17) is 10.2 Å². The molecule has 2 N–H and O–H groups in total. The van der Waals surface area contributed by atoms with Crippen molar-refractivity contribution >= 4 is 28.3 Å². The summed E-state index contributed by atoms with van der Waals surface area (Å²) < 4.78 is 30.7. The van der Waals surface area contributed by atoms with Crippen LogP contribution >= 0.6 is 12.4 Å². The van der Waals surface area contributed by atoms with Crippen molar-refractivity contribution in [2.24, 2.45) is 11.7 Å². The lowest BCUT2D eigenvalue weighted by molar-refractivity contribution is 0.0572. The van der Waals surface area contributed by atoms with Gasteiger partial charge in [-0.2, -0.15) is 0 Å². The van der Waals surface area contributed by atoms with Crippen molar-refractivity contribution < 1.29 is 17.6 Å². The monoisotopic (exact) mass is 379 g/mol. The number of furan rings is 1. The van der Waals surface area contributed by atoms with Crippen LogP contribution in [0.3, 0.4) is 0 Å². The SMILES string of the molecule is Cc1oc(S(=O)(=O)N(C)C)cc1C(=O)N1CCC(C)CC1CN.Cl. The molecule has 2 rings (SSSR count). The molecule has 1 saturated heterocycles. The number of nitrogens with zero attached hydrogens (tertiary/aromatic N) is 2. The van der Waals surface area contributed by atoms with Crippen LogP contribution in [0, 0.1) is 12.8 Å². The van der Waals surface area contributed by atoms with Crippen molar-refractivity contribution in [1.82, 2.24) is 9.21 Å². The van der Waals surface area contributed by atoms with Crippen LogP contribution in [0.2, 0.25) is 0 Å². The zero-order chi connectivity index (χ0) is 17.4. The molecular formula is C15H26ClN3O4S. The summed E-state index contributed by atoms with van der Waals surface area (Å²) in [4.78, 5) is 14.5. The second-order valence-electron chi connectivity index (χ2n) is 6.34. The molecule has 2 heterocycles. The second kappa shape index (κ2) is 7.86. The van der Waals surface area contributed by atoms with Crippen LogP contribution in [0.25, 0.3) is 0 Å². The Bertz CT molecular complexity index is 687. The topological polar surface area (TPSA) is 96.8 Å². The minimum absolute atomic E-state index is 0. The molecule has 0 aromatic carbocycles. The van der Waals surface area contributed by atoms with E-state index < -0.39 is 10.0 Å². The first-order chi connectivity index (χ1) is 10.7. The van der Waals surface area contributed by atoms with Crippen molar-refractivity contribution in [3.8, 4) is 0 Å². The van der Waals surface area contributed by atoms with Crippen LogP contribution in [0.4, 0.5) is 0 Å². The first-order valence-electron chi connectivity index (χ1n) is 7.72. The van der Waals surface area contributed by atoms with Gasteiger partial charge in [0.1, 0.15) is 5.76 Å². The number of sulfonamides is 1. The summed E-state index contributed by atoms with van der Waals surface area (Å²) in [6.45, 7) is 4.78. The summed E-state index contributed by atoms with van der Waals surface area (Å²) in [6.07, 6.45) is 1.78. The van der Waals surface area contributed by atoms with Gasteiger partial charge in [0.25, 0.3) is 15.9 Å². The van der Waals surface area contributed by atoms with E-state index >= 15 is 0 Å². The van der Waals surface area contributed by atoms with Crippen molar-refractivity contribution in [3.05, 3.63) is 17.4 Å². The number of carbonyl (C=O) groups is 1. The minimum Gasteiger partial charge on any atom is -0.448 e. The van der Waals surface area contributed by atoms with Crippen molar-refractivity contribution in [2.75, 3.05) is 27.2 Å². The molecule has 0 bridgehead atoms. The lowest BCUT2D eigenvalue weighted by Gasteiger charge is -2.37.